The third-order valence-corrected chi connectivity index (χ3v) is 4.61. The standard InChI is InChI=1S/C16H34/c1-7-9-10-11-12-14-16(5,6)15(3,4)13-8-2/h7-14H2,1-6H3. The molecule has 0 nitrogen and oxygen atoms in total. The molecule has 16 heavy (non-hydrogen) atoms. The maximum absolute atomic E-state index is 2.46. The molecule has 0 spiro atoms. The third kappa shape index (κ3) is 5.37. The van der Waals surface area contributed by atoms with Gasteiger partial charge >= 0.3 is 0 Å². The molecule has 0 saturated heterocycles. The lowest BCUT2D eigenvalue weighted by Crippen LogP contribution is -2.32. The topological polar surface area (TPSA) is 0 Å². The Labute approximate surface area is 104 Å². The van der Waals surface area contributed by atoms with Crippen molar-refractivity contribution in [1.29, 1.82) is 0 Å². The predicted octanol–water partition coefficient (Wildman–Crippen LogP) is 6.20. The molecule has 0 N–H and O–H groups in total. The SMILES string of the molecule is CCCCCCCC(C)(C)C(C)(C)CCC. The van der Waals surface area contributed by atoms with Crippen molar-refractivity contribution in [2.75, 3.05) is 0 Å². The van der Waals surface area contributed by atoms with E-state index in [1.165, 1.54) is 51.4 Å². The molecule has 0 amide bonds. The first kappa shape index (κ1) is 16.0. The number of rotatable bonds is 9. The Bertz CT molecular complexity index is 165. The number of hydrogen-bond acceptors (Lipinski definition) is 0. The van der Waals surface area contributed by atoms with Gasteiger partial charge in [0.15, 0.2) is 0 Å². The van der Waals surface area contributed by atoms with Gasteiger partial charge in [-0.05, 0) is 23.7 Å². The fourth-order valence-electron chi connectivity index (χ4n) is 2.47. The van der Waals surface area contributed by atoms with Gasteiger partial charge in [-0.25, -0.2) is 0 Å². The fourth-order valence-corrected chi connectivity index (χ4v) is 2.47. The Kier molecular flexibility index (Phi) is 7.35. The van der Waals surface area contributed by atoms with Gasteiger partial charge in [0, 0.05) is 0 Å². The van der Waals surface area contributed by atoms with Crippen molar-refractivity contribution in [1.82, 2.24) is 0 Å². The fraction of sp³-hybridized carbons (Fsp3) is 1.00. The Hall–Kier alpha value is 0. The van der Waals surface area contributed by atoms with Crippen LogP contribution >= 0.6 is 0 Å². The molecule has 0 aromatic rings. The van der Waals surface area contributed by atoms with Crippen LogP contribution in [0.25, 0.3) is 0 Å². The lowest BCUT2D eigenvalue weighted by molar-refractivity contribution is 0.0838. The van der Waals surface area contributed by atoms with Gasteiger partial charge < -0.3 is 0 Å². The first-order chi connectivity index (χ1) is 7.37. The molecule has 0 aliphatic rings. The maximum atomic E-state index is 2.46. The van der Waals surface area contributed by atoms with Crippen molar-refractivity contribution in [3.8, 4) is 0 Å². The molecule has 0 aromatic heterocycles. The predicted molar refractivity (Wildman–Crippen MR) is 75.8 cm³/mol. The smallest absolute Gasteiger partial charge is 0.0303 e. The number of hydrogen-bond donors (Lipinski definition) is 0. The van der Waals surface area contributed by atoms with Gasteiger partial charge in [-0.1, -0.05) is 80.1 Å². The zero-order valence-electron chi connectivity index (χ0n) is 12.7. The van der Waals surface area contributed by atoms with E-state index in [0.717, 1.165) is 0 Å². The Balaban J connectivity index is 3.93. The molecular formula is C16H34. The second-order valence-electron chi connectivity index (χ2n) is 6.68. The molecule has 0 rings (SSSR count). The summed E-state index contributed by atoms with van der Waals surface area (Å²) in [6.07, 6.45) is 11.1. The Morgan fingerprint density at radius 3 is 1.56 bits per heavy atom. The summed E-state index contributed by atoms with van der Waals surface area (Å²) in [4.78, 5) is 0. The van der Waals surface area contributed by atoms with Crippen LogP contribution in [-0.4, -0.2) is 0 Å². The summed E-state index contributed by atoms with van der Waals surface area (Å²) < 4.78 is 0. The van der Waals surface area contributed by atoms with E-state index in [1.807, 2.05) is 0 Å². The summed E-state index contributed by atoms with van der Waals surface area (Å²) in [6, 6.07) is 0. The highest BCUT2D eigenvalue weighted by molar-refractivity contribution is 4.85. The minimum Gasteiger partial charge on any atom is -0.0654 e. The van der Waals surface area contributed by atoms with E-state index >= 15 is 0 Å². The summed E-state index contributed by atoms with van der Waals surface area (Å²) in [7, 11) is 0. The first-order valence-corrected chi connectivity index (χ1v) is 7.37. The van der Waals surface area contributed by atoms with E-state index in [-0.39, 0.29) is 0 Å². The Morgan fingerprint density at radius 1 is 0.562 bits per heavy atom. The van der Waals surface area contributed by atoms with Crippen LogP contribution in [0.1, 0.15) is 92.9 Å². The molecule has 0 aliphatic carbocycles. The molecule has 0 aromatic carbocycles. The molecule has 0 saturated carbocycles. The van der Waals surface area contributed by atoms with Crippen molar-refractivity contribution in [3.05, 3.63) is 0 Å². The van der Waals surface area contributed by atoms with Gasteiger partial charge in [-0.2, -0.15) is 0 Å². The van der Waals surface area contributed by atoms with Crippen LogP contribution in [0.15, 0.2) is 0 Å². The van der Waals surface area contributed by atoms with Gasteiger partial charge in [0.05, 0.1) is 0 Å². The van der Waals surface area contributed by atoms with Crippen LogP contribution in [0.5, 0.6) is 0 Å². The van der Waals surface area contributed by atoms with E-state index in [9.17, 15) is 0 Å². The lowest BCUT2D eigenvalue weighted by atomic mass is 9.63. The van der Waals surface area contributed by atoms with Crippen LogP contribution < -0.4 is 0 Å². The minimum atomic E-state index is 0.493. The molecule has 0 heteroatoms. The monoisotopic (exact) mass is 226 g/mol. The van der Waals surface area contributed by atoms with Crippen LogP contribution in [0.2, 0.25) is 0 Å². The highest BCUT2D eigenvalue weighted by Crippen LogP contribution is 2.45. The van der Waals surface area contributed by atoms with Gasteiger partial charge in [0.1, 0.15) is 0 Å². The minimum absolute atomic E-state index is 0.493. The molecular weight excluding hydrogens is 192 g/mol. The molecule has 98 valence electrons. The third-order valence-electron chi connectivity index (χ3n) is 4.61. The normalized spacial score (nSPS) is 13.1. The second-order valence-corrected chi connectivity index (χ2v) is 6.68. The van der Waals surface area contributed by atoms with Crippen LogP contribution in [0.4, 0.5) is 0 Å². The van der Waals surface area contributed by atoms with Gasteiger partial charge in [0.25, 0.3) is 0 Å². The van der Waals surface area contributed by atoms with Crippen LogP contribution in [-0.2, 0) is 0 Å². The van der Waals surface area contributed by atoms with E-state index in [2.05, 4.69) is 41.5 Å². The molecule has 0 atom stereocenters. The van der Waals surface area contributed by atoms with Crippen molar-refractivity contribution < 1.29 is 0 Å². The summed E-state index contributed by atoms with van der Waals surface area (Å²) in [6.45, 7) is 14.4. The van der Waals surface area contributed by atoms with Crippen molar-refractivity contribution in [2.45, 2.75) is 92.9 Å². The molecule has 0 fully saturated rings. The highest BCUT2D eigenvalue weighted by atomic mass is 14.4. The van der Waals surface area contributed by atoms with Crippen LogP contribution in [0.3, 0.4) is 0 Å². The lowest BCUT2D eigenvalue weighted by Gasteiger charge is -2.42. The molecule has 0 radical (unpaired) electrons. The van der Waals surface area contributed by atoms with E-state index < -0.39 is 0 Å². The average Bonchev–Trinajstić information content (AvgIpc) is 2.17. The highest BCUT2D eigenvalue weighted by Gasteiger charge is 2.35. The van der Waals surface area contributed by atoms with Gasteiger partial charge in [-0.15, -0.1) is 0 Å². The zero-order chi connectivity index (χ0) is 12.7. The maximum Gasteiger partial charge on any atom is -0.0303 e. The molecule has 0 heterocycles. The molecule has 0 unspecified atom stereocenters. The average molecular weight is 226 g/mol. The van der Waals surface area contributed by atoms with Crippen molar-refractivity contribution in [3.63, 3.8) is 0 Å². The summed E-state index contributed by atoms with van der Waals surface area (Å²) in [5.74, 6) is 0. The van der Waals surface area contributed by atoms with Gasteiger partial charge in [0.2, 0.25) is 0 Å². The van der Waals surface area contributed by atoms with E-state index in [0.29, 0.717) is 10.8 Å². The van der Waals surface area contributed by atoms with Crippen LogP contribution in [0, 0.1) is 10.8 Å². The number of unbranched alkanes of at least 4 members (excludes halogenated alkanes) is 4. The quantitative estimate of drug-likeness (QED) is 0.411. The molecule has 0 bridgehead atoms. The van der Waals surface area contributed by atoms with Crippen molar-refractivity contribution in [2.24, 2.45) is 10.8 Å². The van der Waals surface area contributed by atoms with E-state index in [4.69, 9.17) is 0 Å². The molecule has 0 aliphatic heterocycles. The first-order valence-electron chi connectivity index (χ1n) is 7.37. The summed E-state index contributed by atoms with van der Waals surface area (Å²) in [5, 5.41) is 0. The largest absolute Gasteiger partial charge is 0.0654 e. The summed E-state index contributed by atoms with van der Waals surface area (Å²) in [5.41, 5.74) is 0.988. The van der Waals surface area contributed by atoms with Gasteiger partial charge in [-0.3, -0.25) is 0 Å². The van der Waals surface area contributed by atoms with E-state index in [1.54, 1.807) is 0 Å². The summed E-state index contributed by atoms with van der Waals surface area (Å²) >= 11 is 0. The Morgan fingerprint density at radius 2 is 1.06 bits per heavy atom. The van der Waals surface area contributed by atoms with Crippen molar-refractivity contribution >= 4 is 0 Å². The zero-order valence-corrected chi connectivity index (χ0v) is 12.7. The second kappa shape index (κ2) is 7.35.